The molecular weight excluding hydrogens is 390 g/mol. The summed E-state index contributed by atoms with van der Waals surface area (Å²) in [6, 6.07) is 24.1. The van der Waals surface area contributed by atoms with Crippen LogP contribution in [0, 0.1) is 0 Å². The van der Waals surface area contributed by atoms with Crippen molar-refractivity contribution in [1.29, 1.82) is 0 Å². The van der Waals surface area contributed by atoms with E-state index in [0.29, 0.717) is 22.6 Å². The van der Waals surface area contributed by atoms with Gasteiger partial charge in [0.1, 0.15) is 11.5 Å². The monoisotopic (exact) mass is 415 g/mol. The topological polar surface area (TPSA) is 75.9 Å². The second-order valence-electron chi connectivity index (χ2n) is 7.57. The number of carbonyl (C=O) groups excluding carboxylic acids is 2. The average Bonchev–Trinajstić information content (AvgIpc) is 2.81. The van der Waals surface area contributed by atoms with Crippen LogP contribution in [-0.2, 0) is 6.54 Å². The third-order valence-electron chi connectivity index (χ3n) is 5.38. The first-order valence-corrected chi connectivity index (χ1v) is 10.3. The van der Waals surface area contributed by atoms with Gasteiger partial charge in [-0.05, 0) is 54.1 Å². The fraction of sp³-hybridized carbons (Fsp3) is 0.200. The third kappa shape index (κ3) is 5.29. The summed E-state index contributed by atoms with van der Waals surface area (Å²) in [6.07, 6.45) is 0. The summed E-state index contributed by atoms with van der Waals surface area (Å²) < 4.78 is 5.78. The highest BCUT2D eigenvalue weighted by Gasteiger charge is 2.22. The zero-order valence-corrected chi connectivity index (χ0v) is 17.2. The second kappa shape index (κ2) is 9.45. The Balaban J connectivity index is 1.30. The normalized spacial score (nSPS) is 14.3. The Hall–Kier alpha value is -3.64. The van der Waals surface area contributed by atoms with Gasteiger partial charge in [-0.3, -0.25) is 14.5 Å². The van der Waals surface area contributed by atoms with Gasteiger partial charge in [-0.2, -0.15) is 0 Å². The Kier molecular flexibility index (Phi) is 6.29. The summed E-state index contributed by atoms with van der Waals surface area (Å²) in [4.78, 5) is 28.3. The van der Waals surface area contributed by atoms with E-state index in [1.165, 1.54) is 5.56 Å². The van der Waals surface area contributed by atoms with E-state index >= 15 is 0 Å². The van der Waals surface area contributed by atoms with Gasteiger partial charge in [-0.1, -0.05) is 30.3 Å². The number of hydrogen-bond donors (Lipinski definition) is 1. The predicted octanol–water partition coefficient (Wildman–Crippen LogP) is 3.54. The fourth-order valence-corrected chi connectivity index (χ4v) is 3.62. The molecule has 1 aliphatic heterocycles. The highest BCUT2D eigenvalue weighted by atomic mass is 16.5. The molecule has 2 amide bonds. The maximum absolute atomic E-state index is 12.9. The molecule has 3 aromatic rings. The zero-order chi connectivity index (χ0) is 21.6. The van der Waals surface area contributed by atoms with Crippen LogP contribution in [0.5, 0.6) is 11.5 Å². The molecule has 0 spiro atoms. The molecule has 1 heterocycles. The van der Waals surface area contributed by atoms with Crippen molar-refractivity contribution in [1.82, 2.24) is 9.80 Å². The van der Waals surface area contributed by atoms with Crippen molar-refractivity contribution in [3.63, 3.8) is 0 Å². The summed E-state index contributed by atoms with van der Waals surface area (Å²) in [6.45, 7) is 4.08. The molecule has 31 heavy (non-hydrogen) atoms. The van der Waals surface area contributed by atoms with Crippen LogP contribution in [-0.4, -0.2) is 47.8 Å². The van der Waals surface area contributed by atoms with Gasteiger partial charge in [0.25, 0.3) is 5.91 Å². The van der Waals surface area contributed by atoms with Crippen LogP contribution in [0.2, 0.25) is 0 Å². The number of ether oxygens (including phenoxy) is 1. The van der Waals surface area contributed by atoms with E-state index in [1.54, 1.807) is 48.5 Å². The van der Waals surface area contributed by atoms with E-state index in [4.69, 9.17) is 10.5 Å². The van der Waals surface area contributed by atoms with Crippen molar-refractivity contribution in [3.05, 3.63) is 95.6 Å². The van der Waals surface area contributed by atoms with E-state index in [0.717, 1.165) is 32.7 Å². The van der Waals surface area contributed by atoms with Gasteiger partial charge in [0, 0.05) is 43.9 Å². The summed E-state index contributed by atoms with van der Waals surface area (Å²) in [7, 11) is 0. The number of nitrogens with zero attached hydrogens (tertiary/aromatic N) is 2. The largest absolute Gasteiger partial charge is 0.457 e. The van der Waals surface area contributed by atoms with Crippen molar-refractivity contribution in [2.24, 2.45) is 5.73 Å². The summed E-state index contributed by atoms with van der Waals surface area (Å²) in [5, 5.41) is 0. The first-order chi connectivity index (χ1) is 15.1. The van der Waals surface area contributed by atoms with Crippen molar-refractivity contribution < 1.29 is 14.3 Å². The summed E-state index contributed by atoms with van der Waals surface area (Å²) in [5.74, 6) is 0.779. The van der Waals surface area contributed by atoms with Crippen LogP contribution >= 0.6 is 0 Å². The molecule has 3 aromatic carbocycles. The van der Waals surface area contributed by atoms with Crippen molar-refractivity contribution in [2.75, 3.05) is 26.2 Å². The number of piperazine rings is 1. The number of benzene rings is 3. The molecule has 0 saturated carbocycles. The van der Waals surface area contributed by atoms with Crippen LogP contribution in [0.4, 0.5) is 0 Å². The fourth-order valence-electron chi connectivity index (χ4n) is 3.62. The Morgan fingerprint density at radius 3 is 1.84 bits per heavy atom. The van der Waals surface area contributed by atoms with Gasteiger partial charge in [0.2, 0.25) is 5.91 Å². The molecule has 0 aromatic heterocycles. The molecule has 6 nitrogen and oxygen atoms in total. The van der Waals surface area contributed by atoms with Gasteiger partial charge in [-0.15, -0.1) is 0 Å². The molecular formula is C25H25N3O3. The van der Waals surface area contributed by atoms with Crippen LogP contribution in [0.3, 0.4) is 0 Å². The lowest BCUT2D eigenvalue weighted by Crippen LogP contribution is -2.48. The second-order valence-corrected chi connectivity index (χ2v) is 7.57. The predicted molar refractivity (Wildman–Crippen MR) is 119 cm³/mol. The molecule has 6 heteroatoms. The molecule has 2 N–H and O–H groups in total. The Morgan fingerprint density at radius 1 is 0.742 bits per heavy atom. The lowest BCUT2D eigenvalue weighted by molar-refractivity contribution is 0.0628. The van der Waals surface area contributed by atoms with E-state index in [-0.39, 0.29) is 5.91 Å². The molecule has 158 valence electrons. The van der Waals surface area contributed by atoms with E-state index < -0.39 is 5.91 Å². The Labute approximate surface area is 181 Å². The van der Waals surface area contributed by atoms with E-state index in [2.05, 4.69) is 29.2 Å². The standard InChI is InChI=1S/C25H25N3O3/c26-24(29)20-6-10-22(11-7-20)31-23-12-8-21(9-13-23)25(30)28-16-14-27(15-17-28)18-19-4-2-1-3-5-19/h1-13H,14-18H2,(H2,26,29). The highest BCUT2D eigenvalue weighted by molar-refractivity contribution is 5.94. The van der Waals surface area contributed by atoms with Crippen molar-refractivity contribution >= 4 is 11.8 Å². The summed E-state index contributed by atoms with van der Waals surface area (Å²) in [5.41, 5.74) is 7.61. The zero-order valence-electron chi connectivity index (χ0n) is 17.2. The summed E-state index contributed by atoms with van der Waals surface area (Å²) >= 11 is 0. The first kappa shape index (κ1) is 20.6. The number of hydrogen-bond acceptors (Lipinski definition) is 4. The van der Waals surface area contributed by atoms with Crippen LogP contribution < -0.4 is 10.5 Å². The number of rotatable bonds is 6. The molecule has 1 saturated heterocycles. The lowest BCUT2D eigenvalue weighted by atomic mass is 10.1. The molecule has 0 bridgehead atoms. The first-order valence-electron chi connectivity index (χ1n) is 10.3. The van der Waals surface area contributed by atoms with Gasteiger partial charge < -0.3 is 15.4 Å². The Bertz CT molecular complexity index is 1030. The molecule has 4 rings (SSSR count). The number of carbonyl (C=O) groups is 2. The van der Waals surface area contributed by atoms with E-state index in [9.17, 15) is 9.59 Å². The molecule has 1 fully saturated rings. The van der Waals surface area contributed by atoms with Gasteiger partial charge in [-0.25, -0.2) is 0 Å². The molecule has 0 aliphatic carbocycles. The SMILES string of the molecule is NC(=O)c1ccc(Oc2ccc(C(=O)N3CCN(Cc4ccccc4)CC3)cc2)cc1. The van der Waals surface area contributed by atoms with Gasteiger partial charge in [0.05, 0.1) is 0 Å². The van der Waals surface area contributed by atoms with Crippen LogP contribution in [0.15, 0.2) is 78.9 Å². The third-order valence-corrected chi connectivity index (χ3v) is 5.38. The Morgan fingerprint density at radius 2 is 1.29 bits per heavy atom. The molecule has 0 unspecified atom stereocenters. The lowest BCUT2D eigenvalue weighted by Gasteiger charge is -2.34. The number of nitrogens with two attached hydrogens (primary N) is 1. The van der Waals surface area contributed by atoms with Gasteiger partial charge >= 0.3 is 0 Å². The number of primary amides is 1. The highest BCUT2D eigenvalue weighted by Crippen LogP contribution is 2.23. The minimum atomic E-state index is -0.477. The van der Waals surface area contributed by atoms with Gasteiger partial charge in [0.15, 0.2) is 0 Å². The minimum absolute atomic E-state index is 0.0386. The maximum atomic E-state index is 12.9. The smallest absolute Gasteiger partial charge is 0.253 e. The minimum Gasteiger partial charge on any atom is -0.457 e. The molecule has 1 aliphatic rings. The quantitative estimate of drug-likeness (QED) is 0.668. The van der Waals surface area contributed by atoms with Crippen LogP contribution in [0.25, 0.3) is 0 Å². The molecule has 0 atom stereocenters. The maximum Gasteiger partial charge on any atom is 0.253 e. The molecule has 0 radical (unpaired) electrons. The van der Waals surface area contributed by atoms with E-state index in [1.807, 2.05) is 11.0 Å². The van der Waals surface area contributed by atoms with Crippen molar-refractivity contribution in [3.8, 4) is 11.5 Å². The van der Waals surface area contributed by atoms with Crippen LogP contribution in [0.1, 0.15) is 26.3 Å². The number of amides is 2. The average molecular weight is 415 g/mol. The van der Waals surface area contributed by atoms with Crippen molar-refractivity contribution in [2.45, 2.75) is 6.54 Å².